The van der Waals surface area contributed by atoms with Crippen LogP contribution in [0.15, 0.2) is 66.0 Å². The first kappa shape index (κ1) is 21.9. The highest BCUT2D eigenvalue weighted by Gasteiger charge is 2.20. The molecule has 0 saturated heterocycles. The van der Waals surface area contributed by atoms with Crippen LogP contribution in [0.1, 0.15) is 11.1 Å². The van der Waals surface area contributed by atoms with Crippen LogP contribution in [0.3, 0.4) is 0 Å². The maximum Gasteiger partial charge on any atom is 0.367 e. The van der Waals surface area contributed by atoms with E-state index in [0.717, 1.165) is 4.52 Å². The Morgan fingerprint density at radius 1 is 1.14 bits per heavy atom. The number of rotatable bonds is 4. The lowest BCUT2D eigenvalue weighted by atomic mass is 10.0. The van der Waals surface area contributed by atoms with Gasteiger partial charge in [0, 0.05) is 35.3 Å². The number of hydrogen-bond acceptors (Lipinski definition) is 6. The lowest BCUT2D eigenvalue weighted by Crippen LogP contribution is -2.23. The third kappa shape index (κ3) is 3.99. The van der Waals surface area contributed by atoms with E-state index in [1.54, 1.807) is 24.4 Å². The molecular formula is C24H12ClFN8O. The second-order valence-corrected chi connectivity index (χ2v) is 7.85. The van der Waals surface area contributed by atoms with Gasteiger partial charge in [0.2, 0.25) is 5.69 Å². The standard InChI is InChI=1S/C24H12ClFN8O/c1-28-17-3-5-21(30-11-17)18-12-31-34-23(22(18)16-6-15(8-27)9-29-10-16)32-33(24(34)35)13-14-2-4-20(26)19(25)7-14/h2-7,9-12H,13H2. The predicted molar refractivity (Wildman–Crippen MR) is 125 cm³/mol. The highest BCUT2D eigenvalue weighted by molar-refractivity contribution is 6.30. The van der Waals surface area contributed by atoms with E-state index in [2.05, 4.69) is 31.1 Å². The Balaban J connectivity index is 1.74. The van der Waals surface area contributed by atoms with Gasteiger partial charge >= 0.3 is 5.69 Å². The summed E-state index contributed by atoms with van der Waals surface area (Å²) in [7, 11) is 0. The molecule has 0 aliphatic heterocycles. The molecule has 1 aromatic carbocycles. The van der Waals surface area contributed by atoms with Crippen LogP contribution in [0, 0.1) is 23.7 Å². The van der Waals surface area contributed by atoms with Gasteiger partial charge in [-0.15, -0.1) is 5.10 Å². The van der Waals surface area contributed by atoms with E-state index in [1.165, 1.54) is 41.5 Å². The molecule has 11 heteroatoms. The quantitative estimate of drug-likeness (QED) is 0.354. The van der Waals surface area contributed by atoms with Crippen molar-refractivity contribution >= 4 is 22.9 Å². The van der Waals surface area contributed by atoms with E-state index in [-0.39, 0.29) is 17.2 Å². The molecule has 0 unspecified atom stereocenters. The SMILES string of the molecule is [C-]#[N+]c1ccc(-c2cnn3c(=O)n(Cc4ccc(F)c(Cl)c4)nc3c2-c2cncc(C#N)c2)nc1. The average molecular weight is 483 g/mol. The number of nitriles is 1. The van der Waals surface area contributed by atoms with E-state index in [0.29, 0.717) is 39.2 Å². The summed E-state index contributed by atoms with van der Waals surface area (Å²) in [6.45, 7) is 7.18. The number of benzene rings is 1. The lowest BCUT2D eigenvalue weighted by Gasteiger charge is -2.10. The number of pyridine rings is 2. The molecule has 0 bridgehead atoms. The molecule has 5 rings (SSSR count). The van der Waals surface area contributed by atoms with Crippen LogP contribution in [0.25, 0.3) is 32.9 Å². The van der Waals surface area contributed by atoms with Crippen molar-refractivity contribution in [1.82, 2.24) is 29.4 Å². The van der Waals surface area contributed by atoms with Gasteiger partial charge in [0.1, 0.15) is 11.9 Å². The largest absolute Gasteiger partial charge is 0.367 e. The van der Waals surface area contributed by atoms with Gasteiger partial charge < -0.3 is 0 Å². The Bertz CT molecular complexity index is 1750. The zero-order chi connectivity index (χ0) is 24.5. The van der Waals surface area contributed by atoms with Crippen LogP contribution in [0.5, 0.6) is 0 Å². The summed E-state index contributed by atoms with van der Waals surface area (Å²) in [5.74, 6) is -0.562. The molecule has 4 aromatic heterocycles. The number of nitrogens with zero attached hydrogens (tertiary/aromatic N) is 8. The molecule has 0 N–H and O–H groups in total. The summed E-state index contributed by atoms with van der Waals surface area (Å²) in [5, 5.41) is 18.1. The van der Waals surface area contributed by atoms with Gasteiger partial charge in [0.05, 0.1) is 35.6 Å². The van der Waals surface area contributed by atoms with Gasteiger partial charge in [0.25, 0.3) is 0 Å². The molecule has 0 aliphatic rings. The van der Waals surface area contributed by atoms with Gasteiger partial charge in [-0.2, -0.15) is 14.9 Å². The van der Waals surface area contributed by atoms with Crippen molar-refractivity contribution in [3.05, 3.63) is 105 Å². The van der Waals surface area contributed by atoms with Crippen LogP contribution >= 0.6 is 11.6 Å². The van der Waals surface area contributed by atoms with Crippen molar-refractivity contribution in [2.75, 3.05) is 0 Å². The Hall–Kier alpha value is -4.93. The van der Waals surface area contributed by atoms with E-state index >= 15 is 0 Å². The van der Waals surface area contributed by atoms with Crippen molar-refractivity contribution in [1.29, 1.82) is 5.26 Å². The first-order valence-corrected chi connectivity index (χ1v) is 10.5. The second-order valence-electron chi connectivity index (χ2n) is 7.44. The molecule has 0 atom stereocenters. The topological polar surface area (TPSA) is 106 Å². The normalized spacial score (nSPS) is 10.7. The summed E-state index contributed by atoms with van der Waals surface area (Å²) >= 11 is 5.88. The summed E-state index contributed by atoms with van der Waals surface area (Å²) in [5.41, 5.74) is 3.02. The van der Waals surface area contributed by atoms with E-state index in [9.17, 15) is 14.4 Å². The molecule has 0 spiro atoms. The number of fused-ring (bicyclic) bond motifs is 1. The number of halogens is 2. The zero-order valence-corrected chi connectivity index (χ0v) is 18.5. The van der Waals surface area contributed by atoms with Gasteiger partial charge in [-0.25, -0.2) is 18.7 Å². The average Bonchev–Trinajstić information content (AvgIpc) is 3.20. The molecule has 0 aliphatic carbocycles. The minimum Gasteiger partial charge on any atom is -0.268 e. The van der Waals surface area contributed by atoms with Crippen LogP contribution in [-0.2, 0) is 6.54 Å². The van der Waals surface area contributed by atoms with E-state index in [1.807, 2.05) is 0 Å². The fourth-order valence-electron chi connectivity index (χ4n) is 3.60. The summed E-state index contributed by atoms with van der Waals surface area (Å²) in [6.07, 6.45) is 5.89. The molecule has 5 aromatic rings. The highest BCUT2D eigenvalue weighted by Crippen LogP contribution is 2.33. The fourth-order valence-corrected chi connectivity index (χ4v) is 3.81. The Morgan fingerprint density at radius 3 is 2.71 bits per heavy atom. The van der Waals surface area contributed by atoms with Gasteiger partial charge in [-0.1, -0.05) is 23.7 Å². The van der Waals surface area contributed by atoms with Gasteiger partial charge in [-0.05, 0) is 29.8 Å². The maximum atomic E-state index is 13.6. The fraction of sp³-hybridized carbons (Fsp3) is 0.0417. The molecule has 0 fully saturated rings. The smallest absolute Gasteiger partial charge is 0.268 e. The third-order valence-corrected chi connectivity index (χ3v) is 5.53. The van der Waals surface area contributed by atoms with E-state index in [4.69, 9.17) is 18.2 Å². The lowest BCUT2D eigenvalue weighted by molar-refractivity contribution is 0.622. The number of hydrogen-bond donors (Lipinski definition) is 0. The zero-order valence-electron chi connectivity index (χ0n) is 17.7. The van der Waals surface area contributed by atoms with Crippen molar-refractivity contribution < 1.29 is 4.39 Å². The van der Waals surface area contributed by atoms with Crippen LogP contribution < -0.4 is 5.69 Å². The van der Waals surface area contributed by atoms with Crippen molar-refractivity contribution in [2.45, 2.75) is 6.54 Å². The molecule has 0 radical (unpaired) electrons. The Kier molecular flexibility index (Phi) is 5.49. The second kappa shape index (κ2) is 8.78. The van der Waals surface area contributed by atoms with Gasteiger partial charge in [0.15, 0.2) is 5.65 Å². The predicted octanol–water partition coefficient (Wildman–Crippen LogP) is 4.28. The summed E-state index contributed by atoms with van der Waals surface area (Å²) < 4.78 is 15.9. The summed E-state index contributed by atoms with van der Waals surface area (Å²) in [6, 6.07) is 11.1. The molecule has 9 nitrogen and oxygen atoms in total. The molecule has 35 heavy (non-hydrogen) atoms. The van der Waals surface area contributed by atoms with Crippen molar-refractivity contribution in [3.8, 4) is 28.5 Å². The number of aromatic nitrogens is 6. The van der Waals surface area contributed by atoms with Gasteiger partial charge in [-0.3, -0.25) is 9.97 Å². The van der Waals surface area contributed by atoms with Crippen molar-refractivity contribution in [2.24, 2.45) is 0 Å². The summed E-state index contributed by atoms with van der Waals surface area (Å²) in [4.78, 5) is 25.0. The first-order valence-electron chi connectivity index (χ1n) is 10.1. The monoisotopic (exact) mass is 482 g/mol. The van der Waals surface area contributed by atoms with Crippen LogP contribution in [0.2, 0.25) is 5.02 Å². The van der Waals surface area contributed by atoms with Crippen molar-refractivity contribution in [3.63, 3.8) is 0 Å². The van der Waals surface area contributed by atoms with Crippen LogP contribution in [-0.4, -0.2) is 29.4 Å². The molecule has 0 saturated carbocycles. The van der Waals surface area contributed by atoms with E-state index < -0.39 is 11.5 Å². The molecular weight excluding hydrogens is 471 g/mol. The molecule has 168 valence electrons. The highest BCUT2D eigenvalue weighted by atomic mass is 35.5. The Morgan fingerprint density at radius 2 is 2.00 bits per heavy atom. The minimum absolute atomic E-state index is 0.0331. The molecule has 0 amide bonds. The third-order valence-electron chi connectivity index (χ3n) is 5.24. The maximum absolute atomic E-state index is 13.6. The first-order chi connectivity index (χ1) is 17.0. The Labute approximate surface area is 202 Å². The molecule has 4 heterocycles. The minimum atomic E-state index is -0.562. The van der Waals surface area contributed by atoms with Crippen LogP contribution in [0.4, 0.5) is 10.1 Å².